The van der Waals surface area contributed by atoms with Crippen LogP contribution < -0.4 is 14.8 Å². The summed E-state index contributed by atoms with van der Waals surface area (Å²) in [6.45, 7) is 2.97. The first-order chi connectivity index (χ1) is 10.1. The lowest BCUT2D eigenvalue weighted by molar-refractivity contribution is 0.0698. The lowest BCUT2D eigenvalue weighted by atomic mass is 10.1. The lowest BCUT2D eigenvalue weighted by Gasteiger charge is -2.19. The van der Waals surface area contributed by atoms with Gasteiger partial charge in [0.15, 0.2) is 11.5 Å². The van der Waals surface area contributed by atoms with Gasteiger partial charge in [0.05, 0.1) is 11.3 Å². The number of nitrogens with one attached hydrogen (secondary N) is 1. The highest BCUT2D eigenvalue weighted by molar-refractivity contribution is 5.95. The van der Waals surface area contributed by atoms with Crippen LogP contribution in [-0.2, 0) is 0 Å². The van der Waals surface area contributed by atoms with Crippen molar-refractivity contribution in [2.75, 3.05) is 18.5 Å². The van der Waals surface area contributed by atoms with Crippen molar-refractivity contribution in [2.24, 2.45) is 0 Å². The molecule has 1 aliphatic rings. The predicted octanol–water partition coefficient (Wildman–Crippen LogP) is 3.21. The molecule has 2 aromatic rings. The minimum absolute atomic E-state index is 0.232. The van der Waals surface area contributed by atoms with Crippen molar-refractivity contribution in [2.45, 2.75) is 6.92 Å². The van der Waals surface area contributed by atoms with Crippen LogP contribution >= 0.6 is 0 Å². The maximum absolute atomic E-state index is 11.3. The zero-order chi connectivity index (χ0) is 14.8. The van der Waals surface area contributed by atoms with Crippen LogP contribution in [0.25, 0.3) is 0 Å². The van der Waals surface area contributed by atoms with Gasteiger partial charge in [-0.3, -0.25) is 0 Å². The molecule has 0 aliphatic carbocycles. The van der Waals surface area contributed by atoms with Crippen LogP contribution in [0.5, 0.6) is 11.5 Å². The zero-order valence-electron chi connectivity index (χ0n) is 11.6. The standard InChI is InChI=1S/C16H15NO4/c1-10-2-4-12(16(18)19)13(8-10)17-11-3-5-14-15(9-11)21-7-6-20-14/h2-5,8-9,17H,6-7H2,1H3,(H,18,19). The van der Waals surface area contributed by atoms with E-state index in [2.05, 4.69) is 5.32 Å². The molecule has 0 amide bonds. The number of aromatic carboxylic acids is 1. The summed E-state index contributed by atoms with van der Waals surface area (Å²) in [5.41, 5.74) is 2.53. The minimum atomic E-state index is -0.963. The number of fused-ring (bicyclic) bond motifs is 1. The van der Waals surface area contributed by atoms with E-state index in [1.807, 2.05) is 25.1 Å². The summed E-state index contributed by atoms with van der Waals surface area (Å²) in [5, 5.41) is 12.4. The number of ether oxygens (including phenoxy) is 2. The Morgan fingerprint density at radius 2 is 1.86 bits per heavy atom. The monoisotopic (exact) mass is 285 g/mol. The van der Waals surface area contributed by atoms with E-state index >= 15 is 0 Å². The second-order valence-electron chi connectivity index (χ2n) is 4.84. The Bertz CT molecular complexity index is 697. The number of aryl methyl sites for hydroxylation is 1. The van der Waals surface area contributed by atoms with E-state index in [1.54, 1.807) is 18.2 Å². The van der Waals surface area contributed by atoms with Gasteiger partial charge in [0.1, 0.15) is 13.2 Å². The van der Waals surface area contributed by atoms with Gasteiger partial charge < -0.3 is 19.9 Å². The van der Waals surface area contributed by atoms with Crippen LogP contribution in [0.15, 0.2) is 36.4 Å². The van der Waals surface area contributed by atoms with E-state index < -0.39 is 5.97 Å². The Kier molecular flexibility index (Phi) is 3.39. The van der Waals surface area contributed by atoms with Crippen LogP contribution in [0.3, 0.4) is 0 Å². The third-order valence-corrected chi connectivity index (χ3v) is 3.23. The molecule has 21 heavy (non-hydrogen) atoms. The molecule has 2 N–H and O–H groups in total. The Balaban J connectivity index is 1.93. The molecule has 1 heterocycles. The van der Waals surface area contributed by atoms with E-state index in [0.717, 1.165) is 11.3 Å². The minimum Gasteiger partial charge on any atom is -0.486 e. The van der Waals surface area contributed by atoms with E-state index in [1.165, 1.54) is 0 Å². The van der Waals surface area contributed by atoms with Crippen molar-refractivity contribution >= 4 is 17.3 Å². The van der Waals surface area contributed by atoms with Gasteiger partial charge >= 0.3 is 5.97 Å². The number of carboxylic acids is 1. The topological polar surface area (TPSA) is 67.8 Å². The second-order valence-corrected chi connectivity index (χ2v) is 4.84. The highest BCUT2D eigenvalue weighted by Gasteiger charge is 2.14. The second kappa shape index (κ2) is 5.36. The molecule has 5 heteroatoms. The number of benzene rings is 2. The van der Waals surface area contributed by atoms with Crippen molar-refractivity contribution in [1.82, 2.24) is 0 Å². The number of hydrogen-bond donors (Lipinski definition) is 2. The Morgan fingerprint density at radius 1 is 1.10 bits per heavy atom. The zero-order valence-corrected chi connectivity index (χ0v) is 11.6. The summed E-state index contributed by atoms with van der Waals surface area (Å²) in [5.74, 6) is 0.403. The van der Waals surface area contributed by atoms with Crippen LogP contribution in [-0.4, -0.2) is 24.3 Å². The number of rotatable bonds is 3. The molecule has 3 rings (SSSR count). The first-order valence-corrected chi connectivity index (χ1v) is 6.64. The highest BCUT2D eigenvalue weighted by Crippen LogP contribution is 2.34. The quantitative estimate of drug-likeness (QED) is 0.906. The van der Waals surface area contributed by atoms with Gasteiger partial charge in [-0.05, 0) is 36.8 Å². The Morgan fingerprint density at radius 3 is 2.62 bits per heavy atom. The molecule has 1 aliphatic heterocycles. The largest absolute Gasteiger partial charge is 0.486 e. The number of carboxylic acid groups (broad SMARTS) is 1. The van der Waals surface area contributed by atoms with Crippen LogP contribution in [0.4, 0.5) is 11.4 Å². The molecule has 5 nitrogen and oxygen atoms in total. The molecule has 108 valence electrons. The first kappa shape index (κ1) is 13.3. The van der Waals surface area contributed by atoms with Crippen molar-refractivity contribution in [3.63, 3.8) is 0 Å². The molecule has 0 fully saturated rings. The number of carbonyl (C=O) groups is 1. The average molecular weight is 285 g/mol. The summed E-state index contributed by atoms with van der Waals surface area (Å²) in [7, 11) is 0. The molecule has 0 spiro atoms. The van der Waals surface area contributed by atoms with Gasteiger partial charge in [0, 0.05) is 11.8 Å². The van der Waals surface area contributed by atoms with E-state index in [4.69, 9.17) is 9.47 Å². The van der Waals surface area contributed by atoms with Crippen LogP contribution in [0.1, 0.15) is 15.9 Å². The molecule has 0 bridgehead atoms. The van der Waals surface area contributed by atoms with E-state index in [9.17, 15) is 9.90 Å². The highest BCUT2D eigenvalue weighted by atomic mass is 16.6. The van der Waals surface area contributed by atoms with Gasteiger partial charge in [-0.1, -0.05) is 6.07 Å². The lowest BCUT2D eigenvalue weighted by Crippen LogP contribution is -2.15. The van der Waals surface area contributed by atoms with Crippen molar-refractivity contribution in [1.29, 1.82) is 0 Å². The van der Waals surface area contributed by atoms with Crippen molar-refractivity contribution < 1.29 is 19.4 Å². The Hall–Kier alpha value is -2.69. The van der Waals surface area contributed by atoms with Gasteiger partial charge in [-0.25, -0.2) is 4.79 Å². The molecule has 0 saturated heterocycles. The molecular weight excluding hydrogens is 270 g/mol. The molecule has 0 unspecified atom stereocenters. The molecule has 0 aromatic heterocycles. The van der Waals surface area contributed by atoms with E-state index in [-0.39, 0.29) is 5.56 Å². The fraction of sp³-hybridized carbons (Fsp3) is 0.188. The fourth-order valence-electron chi connectivity index (χ4n) is 2.22. The SMILES string of the molecule is Cc1ccc(C(=O)O)c(Nc2ccc3c(c2)OCCO3)c1. The number of hydrogen-bond acceptors (Lipinski definition) is 4. The third kappa shape index (κ3) is 2.76. The van der Waals surface area contributed by atoms with Gasteiger partial charge in [0.2, 0.25) is 0 Å². The van der Waals surface area contributed by atoms with Gasteiger partial charge in [-0.15, -0.1) is 0 Å². The maximum Gasteiger partial charge on any atom is 0.337 e. The smallest absolute Gasteiger partial charge is 0.337 e. The van der Waals surface area contributed by atoms with Gasteiger partial charge in [-0.2, -0.15) is 0 Å². The van der Waals surface area contributed by atoms with Crippen LogP contribution in [0, 0.1) is 6.92 Å². The molecular formula is C16H15NO4. The first-order valence-electron chi connectivity index (χ1n) is 6.64. The van der Waals surface area contributed by atoms with Crippen molar-refractivity contribution in [3.8, 4) is 11.5 Å². The van der Waals surface area contributed by atoms with Crippen molar-refractivity contribution in [3.05, 3.63) is 47.5 Å². The molecule has 0 saturated carbocycles. The normalized spacial score (nSPS) is 12.8. The summed E-state index contributed by atoms with van der Waals surface area (Å²) in [4.78, 5) is 11.3. The van der Waals surface area contributed by atoms with Gasteiger partial charge in [0.25, 0.3) is 0 Å². The predicted molar refractivity (Wildman–Crippen MR) is 78.9 cm³/mol. The fourth-order valence-corrected chi connectivity index (χ4v) is 2.22. The summed E-state index contributed by atoms with van der Waals surface area (Å²) >= 11 is 0. The Labute approximate surface area is 122 Å². The third-order valence-electron chi connectivity index (χ3n) is 3.23. The molecule has 0 radical (unpaired) electrons. The maximum atomic E-state index is 11.3. The molecule has 0 atom stereocenters. The summed E-state index contributed by atoms with van der Waals surface area (Å²) in [6, 6.07) is 10.6. The van der Waals surface area contributed by atoms with E-state index in [0.29, 0.717) is 30.4 Å². The summed E-state index contributed by atoms with van der Waals surface area (Å²) < 4.78 is 11.0. The summed E-state index contributed by atoms with van der Waals surface area (Å²) in [6.07, 6.45) is 0. The molecule has 2 aromatic carbocycles. The number of anilines is 2. The average Bonchev–Trinajstić information content (AvgIpc) is 2.47. The van der Waals surface area contributed by atoms with Crippen LogP contribution in [0.2, 0.25) is 0 Å².